The molecule has 1 atom stereocenters. The van der Waals surface area contributed by atoms with Gasteiger partial charge in [0.25, 0.3) is 5.91 Å². The van der Waals surface area contributed by atoms with E-state index in [0.717, 1.165) is 17.5 Å². The predicted octanol–water partition coefficient (Wildman–Crippen LogP) is 6.03. The molecule has 2 aliphatic carbocycles. The minimum atomic E-state index is -4.70. The second-order valence-corrected chi connectivity index (χ2v) is 12.3. The first-order valence-electron chi connectivity index (χ1n) is 14.2. The molecular weight excluding hydrogens is 567 g/mol. The average molecular weight is 599 g/mol. The van der Waals surface area contributed by atoms with Crippen LogP contribution in [0.25, 0.3) is 0 Å². The second kappa shape index (κ2) is 10.4. The molecule has 1 aromatic heterocycles. The zero-order valence-corrected chi connectivity index (χ0v) is 23.8. The molecule has 12 heteroatoms. The maximum atomic E-state index is 14.3. The van der Waals surface area contributed by atoms with E-state index >= 15 is 0 Å². The van der Waals surface area contributed by atoms with Crippen LogP contribution in [-0.2, 0) is 38.1 Å². The van der Waals surface area contributed by atoms with E-state index in [1.54, 1.807) is 30.4 Å². The molecule has 6 rings (SSSR count). The highest BCUT2D eigenvalue weighted by atomic mass is 19.4. The lowest BCUT2D eigenvalue weighted by Crippen LogP contribution is -2.43. The SMILES string of the molecule is CN(Cc1cc2c(c(C(F)(F)F)c1)CN(c1cccc([C@]3(Cc4nncn4C)C[C@@H](C#N)C3)c1)C2=O)C1CCC(F)(F)C1. The normalized spacial score (nSPS) is 24.7. The van der Waals surface area contributed by atoms with Crippen molar-refractivity contribution in [3.05, 3.63) is 76.4 Å². The van der Waals surface area contributed by atoms with Crippen molar-refractivity contribution in [3.63, 3.8) is 0 Å². The van der Waals surface area contributed by atoms with Crippen molar-refractivity contribution in [1.82, 2.24) is 19.7 Å². The first-order valence-corrected chi connectivity index (χ1v) is 14.2. The highest BCUT2D eigenvalue weighted by Gasteiger charge is 2.47. The molecule has 1 amide bonds. The maximum Gasteiger partial charge on any atom is 0.416 e. The molecule has 1 aliphatic heterocycles. The zero-order chi connectivity index (χ0) is 30.7. The van der Waals surface area contributed by atoms with Gasteiger partial charge in [0, 0.05) is 61.5 Å². The fourth-order valence-electron chi connectivity index (χ4n) is 6.97. The summed E-state index contributed by atoms with van der Waals surface area (Å²) in [5, 5.41) is 17.7. The Morgan fingerprint density at radius 2 is 1.93 bits per heavy atom. The van der Waals surface area contributed by atoms with E-state index in [1.165, 1.54) is 11.0 Å². The van der Waals surface area contributed by atoms with E-state index < -0.39 is 35.0 Å². The summed E-state index contributed by atoms with van der Waals surface area (Å²) in [6, 6.07) is 11.6. The van der Waals surface area contributed by atoms with E-state index in [0.29, 0.717) is 24.9 Å². The zero-order valence-electron chi connectivity index (χ0n) is 23.8. The smallest absolute Gasteiger partial charge is 0.321 e. The van der Waals surface area contributed by atoms with Crippen molar-refractivity contribution in [3.8, 4) is 6.07 Å². The van der Waals surface area contributed by atoms with Gasteiger partial charge in [0.1, 0.15) is 12.2 Å². The number of nitriles is 1. The van der Waals surface area contributed by atoms with Crippen LogP contribution in [0.15, 0.2) is 42.7 Å². The lowest BCUT2D eigenvalue weighted by molar-refractivity contribution is -0.138. The van der Waals surface area contributed by atoms with Gasteiger partial charge in [-0.05, 0) is 67.3 Å². The lowest BCUT2D eigenvalue weighted by Gasteiger charge is -2.45. The minimum absolute atomic E-state index is 0.0184. The summed E-state index contributed by atoms with van der Waals surface area (Å²) in [4.78, 5) is 16.7. The van der Waals surface area contributed by atoms with Gasteiger partial charge in [0.15, 0.2) is 0 Å². The van der Waals surface area contributed by atoms with Gasteiger partial charge in [-0.3, -0.25) is 9.69 Å². The molecule has 2 aromatic carbocycles. The van der Waals surface area contributed by atoms with Gasteiger partial charge in [0.05, 0.1) is 18.2 Å². The highest BCUT2D eigenvalue weighted by Crippen LogP contribution is 2.50. The van der Waals surface area contributed by atoms with E-state index in [4.69, 9.17) is 0 Å². The molecule has 226 valence electrons. The lowest BCUT2D eigenvalue weighted by atomic mass is 9.57. The molecule has 2 heterocycles. The average Bonchev–Trinajstić information content (AvgIpc) is 3.61. The molecule has 3 aromatic rings. The molecule has 2 fully saturated rings. The van der Waals surface area contributed by atoms with Gasteiger partial charge in [-0.1, -0.05) is 12.1 Å². The van der Waals surface area contributed by atoms with E-state index in [9.17, 15) is 32.0 Å². The molecule has 1 unspecified atom stereocenters. The number of rotatable bonds is 7. The van der Waals surface area contributed by atoms with Crippen LogP contribution in [0, 0.1) is 17.2 Å². The summed E-state index contributed by atoms with van der Waals surface area (Å²) in [6.07, 6.45) is -1.70. The van der Waals surface area contributed by atoms with Crippen molar-refractivity contribution in [2.45, 2.75) is 75.2 Å². The molecule has 0 radical (unpaired) electrons. The van der Waals surface area contributed by atoms with Gasteiger partial charge in [0.2, 0.25) is 5.92 Å². The maximum absolute atomic E-state index is 14.3. The summed E-state index contributed by atoms with van der Waals surface area (Å²) < 4.78 is 72.3. The third kappa shape index (κ3) is 5.39. The number of carbonyl (C=O) groups excluding carboxylic acids is 1. The summed E-state index contributed by atoms with van der Waals surface area (Å²) in [7, 11) is 3.47. The number of amides is 1. The van der Waals surface area contributed by atoms with Gasteiger partial charge < -0.3 is 9.47 Å². The molecular formula is C31H31F5N6O. The Kier molecular flexibility index (Phi) is 7.07. The number of fused-ring (bicyclic) bond motifs is 1. The number of aryl methyl sites for hydroxylation is 1. The van der Waals surface area contributed by atoms with Crippen LogP contribution >= 0.6 is 0 Å². The molecule has 7 nitrogen and oxygen atoms in total. The number of halogens is 5. The number of hydrogen-bond donors (Lipinski definition) is 0. The Bertz CT molecular complexity index is 1600. The number of aromatic nitrogens is 3. The van der Waals surface area contributed by atoms with Crippen LogP contribution in [0.2, 0.25) is 0 Å². The van der Waals surface area contributed by atoms with Gasteiger partial charge in [-0.2, -0.15) is 18.4 Å². The summed E-state index contributed by atoms with van der Waals surface area (Å²) in [6.45, 7) is -0.223. The Hall–Kier alpha value is -3.85. The first kappa shape index (κ1) is 29.2. The van der Waals surface area contributed by atoms with Crippen LogP contribution in [0.3, 0.4) is 0 Å². The molecule has 2 saturated carbocycles. The van der Waals surface area contributed by atoms with Crippen LogP contribution in [-0.4, -0.2) is 44.6 Å². The third-order valence-corrected chi connectivity index (χ3v) is 9.37. The fourth-order valence-corrected chi connectivity index (χ4v) is 6.97. The Morgan fingerprint density at radius 3 is 2.56 bits per heavy atom. The first-order chi connectivity index (χ1) is 20.3. The number of benzene rings is 2. The van der Waals surface area contributed by atoms with Crippen molar-refractivity contribution in [1.29, 1.82) is 5.26 Å². The number of hydrogen-bond acceptors (Lipinski definition) is 5. The molecule has 3 aliphatic rings. The van der Waals surface area contributed by atoms with E-state index in [2.05, 4.69) is 16.3 Å². The standard InChI is InChI=1S/C31H31F5N6O/c1-40(23-6-7-30(32,33)13-23)16-19-8-24-25(26(9-19)31(34,35)36)17-42(28(24)43)22-5-3-4-21(10-22)29(11-20(12-29)15-37)14-27-39-38-18-41(27)2/h3-5,8-10,18,20,23H,6-7,11-14,16-17H2,1-2H3/t20-,23?,29-. The topological polar surface area (TPSA) is 78.1 Å². The Morgan fingerprint density at radius 1 is 1.16 bits per heavy atom. The number of nitrogens with zero attached hydrogens (tertiary/aromatic N) is 6. The largest absolute Gasteiger partial charge is 0.416 e. The fraction of sp³-hybridized carbons (Fsp3) is 0.484. The van der Waals surface area contributed by atoms with Crippen LogP contribution in [0.5, 0.6) is 0 Å². The molecule has 0 N–H and O–H groups in total. The second-order valence-electron chi connectivity index (χ2n) is 12.3. The number of alkyl halides is 5. The van der Waals surface area contributed by atoms with Crippen molar-refractivity contribution in [2.75, 3.05) is 11.9 Å². The third-order valence-electron chi connectivity index (χ3n) is 9.37. The van der Waals surface area contributed by atoms with Gasteiger partial charge >= 0.3 is 6.18 Å². The monoisotopic (exact) mass is 598 g/mol. The quantitative estimate of drug-likeness (QED) is 0.311. The van der Waals surface area contributed by atoms with Crippen LogP contribution < -0.4 is 4.90 Å². The summed E-state index contributed by atoms with van der Waals surface area (Å²) in [5.74, 6) is -2.70. The van der Waals surface area contributed by atoms with Crippen molar-refractivity contribution < 1.29 is 26.7 Å². The Balaban J connectivity index is 1.30. The minimum Gasteiger partial charge on any atom is -0.321 e. The van der Waals surface area contributed by atoms with E-state index in [-0.39, 0.29) is 55.0 Å². The molecule has 0 saturated heterocycles. The summed E-state index contributed by atoms with van der Waals surface area (Å²) >= 11 is 0. The number of anilines is 1. The number of carbonyl (C=O) groups is 1. The van der Waals surface area contributed by atoms with Gasteiger partial charge in [-0.15, -0.1) is 10.2 Å². The van der Waals surface area contributed by atoms with Crippen molar-refractivity contribution >= 4 is 11.6 Å². The highest BCUT2D eigenvalue weighted by molar-refractivity contribution is 6.10. The van der Waals surface area contributed by atoms with Crippen LogP contribution in [0.4, 0.5) is 27.6 Å². The van der Waals surface area contributed by atoms with Crippen LogP contribution in [0.1, 0.15) is 70.5 Å². The van der Waals surface area contributed by atoms with Gasteiger partial charge in [-0.25, -0.2) is 8.78 Å². The predicted molar refractivity (Wildman–Crippen MR) is 147 cm³/mol. The van der Waals surface area contributed by atoms with Crippen molar-refractivity contribution in [2.24, 2.45) is 13.0 Å². The Labute approximate surface area is 245 Å². The summed E-state index contributed by atoms with van der Waals surface area (Å²) in [5.41, 5.74) is 0.190. The van der Waals surface area contributed by atoms with E-state index in [1.807, 2.05) is 23.7 Å². The molecule has 43 heavy (non-hydrogen) atoms. The molecule has 0 bridgehead atoms. The molecule has 0 spiro atoms.